The molecule has 6 heteroatoms. The fourth-order valence-electron chi connectivity index (χ4n) is 2.63. The molecule has 1 amide bonds. The van der Waals surface area contributed by atoms with Gasteiger partial charge < -0.3 is 4.74 Å². The standard InChI is InChI=1S/C17H17N3O3/c1-10-6-14-13(15(21)7-10)9-18-17(19-14)20-16(22)11-4-3-5-12(8-11)23-2/h3-5,8-10H,6-7H2,1-2H3,(H,18,19,20,22)/t10-/m1/s1. The van der Waals surface area contributed by atoms with Gasteiger partial charge in [-0.05, 0) is 30.5 Å². The summed E-state index contributed by atoms with van der Waals surface area (Å²) in [5, 5.41) is 2.66. The van der Waals surface area contributed by atoms with E-state index in [1.807, 2.05) is 6.92 Å². The van der Waals surface area contributed by atoms with Crippen molar-refractivity contribution in [1.29, 1.82) is 0 Å². The lowest BCUT2D eigenvalue weighted by molar-refractivity contribution is 0.0951. The van der Waals surface area contributed by atoms with Crippen LogP contribution in [0.2, 0.25) is 0 Å². The van der Waals surface area contributed by atoms with E-state index in [1.165, 1.54) is 6.20 Å². The summed E-state index contributed by atoms with van der Waals surface area (Å²) in [7, 11) is 1.54. The molecule has 118 valence electrons. The van der Waals surface area contributed by atoms with Crippen LogP contribution in [-0.2, 0) is 6.42 Å². The highest BCUT2D eigenvalue weighted by molar-refractivity contribution is 6.04. The van der Waals surface area contributed by atoms with Crippen LogP contribution in [0.25, 0.3) is 0 Å². The third kappa shape index (κ3) is 3.21. The van der Waals surface area contributed by atoms with Crippen LogP contribution in [0.5, 0.6) is 5.75 Å². The number of aromatic nitrogens is 2. The number of hydrogen-bond acceptors (Lipinski definition) is 5. The number of ether oxygens (including phenoxy) is 1. The second kappa shape index (κ2) is 6.16. The Hall–Kier alpha value is -2.76. The van der Waals surface area contributed by atoms with Crippen LogP contribution in [0.1, 0.15) is 39.8 Å². The first kappa shape index (κ1) is 15.1. The molecule has 0 saturated carbocycles. The zero-order valence-electron chi connectivity index (χ0n) is 13.0. The molecule has 0 aliphatic heterocycles. The predicted molar refractivity (Wildman–Crippen MR) is 84.8 cm³/mol. The fourth-order valence-corrected chi connectivity index (χ4v) is 2.63. The number of hydrogen-bond donors (Lipinski definition) is 1. The quantitative estimate of drug-likeness (QED) is 0.942. The number of fused-ring (bicyclic) bond motifs is 1. The van der Waals surface area contributed by atoms with Crippen molar-refractivity contribution in [2.24, 2.45) is 5.92 Å². The molecule has 0 fully saturated rings. The fraction of sp³-hybridized carbons (Fsp3) is 0.294. The first-order chi connectivity index (χ1) is 11.1. The van der Waals surface area contributed by atoms with E-state index < -0.39 is 0 Å². The molecule has 0 radical (unpaired) electrons. The average molecular weight is 311 g/mol. The maximum absolute atomic E-state index is 12.3. The van der Waals surface area contributed by atoms with Gasteiger partial charge in [-0.25, -0.2) is 9.97 Å². The van der Waals surface area contributed by atoms with Crippen molar-refractivity contribution in [2.45, 2.75) is 19.8 Å². The van der Waals surface area contributed by atoms with Crippen LogP contribution in [0.4, 0.5) is 5.95 Å². The lowest BCUT2D eigenvalue weighted by atomic mass is 9.88. The molecule has 0 saturated heterocycles. The first-order valence-electron chi connectivity index (χ1n) is 7.41. The van der Waals surface area contributed by atoms with Gasteiger partial charge in [-0.2, -0.15) is 0 Å². The van der Waals surface area contributed by atoms with E-state index in [0.717, 1.165) is 0 Å². The van der Waals surface area contributed by atoms with E-state index >= 15 is 0 Å². The number of nitrogens with one attached hydrogen (secondary N) is 1. The highest BCUT2D eigenvalue weighted by Gasteiger charge is 2.24. The zero-order valence-corrected chi connectivity index (χ0v) is 13.0. The molecule has 1 aliphatic carbocycles. The molecule has 3 rings (SSSR count). The van der Waals surface area contributed by atoms with Gasteiger partial charge in [-0.1, -0.05) is 13.0 Å². The number of carbonyl (C=O) groups is 2. The maximum atomic E-state index is 12.3. The largest absolute Gasteiger partial charge is 0.497 e. The summed E-state index contributed by atoms with van der Waals surface area (Å²) in [5.74, 6) is 0.803. The van der Waals surface area contributed by atoms with Crippen LogP contribution in [0.3, 0.4) is 0 Å². The summed E-state index contributed by atoms with van der Waals surface area (Å²) in [5.41, 5.74) is 1.71. The monoisotopic (exact) mass is 311 g/mol. The smallest absolute Gasteiger partial charge is 0.258 e. The molecule has 1 N–H and O–H groups in total. The normalized spacial score (nSPS) is 16.6. The Morgan fingerprint density at radius 2 is 2.17 bits per heavy atom. The van der Waals surface area contributed by atoms with Gasteiger partial charge >= 0.3 is 0 Å². The van der Waals surface area contributed by atoms with Crippen molar-refractivity contribution in [3.63, 3.8) is 0 Å². The Bertz CT molecular complexity index is 773. The number of methoxy groups -OCH3 is 1. The SMILES string of the molecule is COc1cccc(C(=O)Nc2ncc3c(n2)C[C@@H](C)CC3=O)c1. The van der Waals surface area contributed by atoms with Gasteiger partial charge in [-0.3, -0.25) is 14.9 Å². The van der Waals surface area contributed by atoms with Crippen molar-refractivity contribution in [3.8, 4) is 5.75 Å². The van der Waals surface area contributed by atoms with Gasteiger partial charge in [0.2, 0.25) is 5.95 Å². The number of carbonyl (C=O) groups excluding carboxylic acids is 2. The third-order valence-corrected chi connectivity index (χ3v) is 3.80. The minimum atomic E-state index is -0.320. The number of benzene rings is 1. The molecule has 23 heavy (non-hydrogen) atoms. The molecule has 1 aliphatic rings. The van der Waals surface area contributed by atoms with Crippen molar-refractivity contribution >= 4 is 17.6 Å². The molecular formula is C17H17N3O3. The second-order valence-electron chi connectivity index (χ2n) is 5.68. The van der Waals surface area contributed by atoms with E-state index in [0.29, 0.717) is 35.4 Å². The van der Waals surface area contributed by atoms with Crippen molar-refractivity contribution in [3.05, 3.63) is 47.3 Å². The maximum Gasteiger partial charge on any atom is 0.258 e. The molecule has 0 unspecified atom stereocenters. The Morgan fingerprint density at radius 3 is 2.96 bits per heavy atom. The second-order valence-corrected chi connectivity index (χ2v) is 5.68. The molecule has 0 spiro atoms. The molecule has 1 aromatic heterocycles. The summed E-state index contributed by atoms with van der Waals surface area (Å²) in [4.78, 5) is 32.6. The van der Waals surface area contributed by atoms with Crippen LogP contribution in [0.15, 0.2) is 30.5 Å². The van der Waals surface area contributed by atoms with Gasteiger partial charge in [-0.15, -0.1) is 0 Å². The van der Waals surface area contributed by atoms with E-state index in [2.05, 4.69) is 15.3 Å². The van der Waals surface area contributed by atoms with E-state index in [-0.39, 0.29) is 23.6 Å². The molecule has 1 heterocycles. The summed E-state index contributed by atoms with van der Waals surface area (Å²) < 4.78 is 5.10. The molecule has 1 atom stereocenters. The number of Topliss-reactive ketones (excluding diaryl/α,β-unsaturated/α-hetero) is 1. The van der Waals surface area contributed by atoms with Gasteiger partial charge in [0.25, 0.3) is 5.91 Å². The summed E-state index contributed by atoms with van der Waals surface area (Å²) in [6.45, 7) is 2.01. The zero-order chi connectivity index (χ0) is 16.4. The number of rotatable bonds is 3. The highest BCUT2D eigenvalue weighted by atomic mass is 16.5. The molecule has 6 nitrogen and oxygen atoms in total. The molecule has 2 aromatic rings. The van der Waals surface area contributed by atoms with Gasteiger partial charge in [0.05, 0.1) is 18.4 Å². The molecule has 1 aromatic carbocycles. The summed E-state index contributed by atoms with van der Waals surface area (Å²) >= 11 is 0. The lowest BCUT2D eigenvalue weighted by Crippen LogP contribution is -2.22. The first-order valence-corrected chi connectivity index (χ1v) is 7.41. The van der Waals surface area contributed by atoms with E-state index in [9.17, 15) is 9.59 Å². The highest BCUT2D eigenvalue weighted by Crippen LogP contribution is 2.24. The molecular weight excluding hydrogens is 294 g/mol. The van der Waals surface area contributed by atoms with Crippen LogP contribution in [-0.4, -0.2) is 28.8 Å². The van der Waals surface area contributed by atoms with Gasteiger partial charge in [0.1, 0.15) is 5.75 Å². The van der Waals surface area contributed by atoms with Crippen LogP contribution < -0.4 is 10.1 Å². The van der Waals surface area contributed by atoms with Crippen molar-refractivity contribution in [1.82, 2.24) is 9.97 Å². The topological polar surface area (TPSA) is 81.2 Å². The Morgan fingerprint density at radius 1 is 1.35 bits per heavy atom. The minimum absolute atomic E-state index is 0.0597. The Balaban J connectivity index is 1.81. The number of ketones is 1. The number of nitrogens with zero attached hydrogens (tertiary/aromatic N) is 2. The number of amides is 1. The number of anilines is 1. The summed E-state index contributed by atoms with van der Waals surface area (Å²) in [6, 6.07) is 6.82. The van der Waals surface area contributed by atoms with E-state index in [1.54, 1.807) is 31.4 Å². The third-order valence-electron chi connectivity index (χ3n) is 3.80. The average Bonchev–Trinajstić information content (AvgIpc) is 2.54. The Kier molecular flexibility index (Phi) is 4.06. The minimum Gasteiger partial charge on any atom is -0.497 e. The molecule has 0 bridgehead atoms. The Labute approximate surface area is 133 Å². The van der Waals surface area contributed by atoms with E-state index in [4.69, 9.17) is 4.74 Å². The van der Waals surface area contributed by atoms with Gasteiger partial charge in [0, 0.05) is 18.2 Å². The van der Waals surface area contributed by atoms with Crippen molar-refractivity contribution < 1.29 is 14.3 Å². The van der Waals surface area contributed by atoms with Crippen molar-refractivity contribution in [2.75, 3.05) is 12.4 Å². The van der Waals surface area contributed by atoms with Crippen LogP contribution >= 0.6 is 0 Å². The summed E-state index contributed by atoms with van der Waals surface area (Å²) in [6.07, 6.45) is 2.73. The van der Waals surface area contributed by atoms with Crippen LogP contribution in [0, 0.1) is 5.92 Å². The predicted octanol–water partition coefficient (Wildman–Crippen LogP) is 2.50. The van der Waals surface area contributed by atoms with Gasteiger partial charge in [0.15, 0.2) is 5.78 Å². The lowest BCUT2D eigenvalue weighted by Gasteiger charge is -2.19.